The fourth-order valence-electron chi connectivity index (χ4n) is 1.80. The molecule has 0 atom stereocenters. The van der Waals surface area contributed by atoms with Crippen LogP contribution in [-0.2, 0) is 6.17 Å². The van der Waals surface area contributed by atoms with Gasteiger partial charge in [0, 0.05) is 18.3 Å². The summed E-state index contributed by atoms with van der Waals surface area (Å²) in [6.45, 7) is 6.85. The van der Waals surface area contributed by atoms with Crippen LogP contribution in [0.3, 0.4) is 0 Å². The van der Waals surface area contributed by atoms with Crippen LogP contribution in [0.2, 0.25) is 19.6 Å². The van der Waals surface area contributed by atoms with Crippen LogP contribution in [0.25, 0.3) is 11.0 Å². The second kappa shape index (κ2) is 3.96. The third kappa shape index (κ3) is 2.52. The molecule has 0 spiro atoms. The molecule has 90 valence electrons. The quantitative estimate of drug-likeness (QED) is 0.477. The zero-order chi connectivity index (χ0) is 12.6. The van der Waals surface area contributed by atoms with Crippen molar-refractivity contribution in [2.75, 3.05) is 0 Å². The summed E-state index contributed by atoms with van der Waals surface area (Å²) in [6, 6.07) is 4.83. The molecule has 0 aliphatic heterocycles. The van der Waals surface area contributed by atoms with Crippen LogP contribution in [0.1, 0.15) is 0 Å². The highest BCUT2D eigenvalue weighted by atomic mass is 28.3. The van der Waals surface area contributed by atoms with E-state index in [1.807, 2.05) is 0 Å². The number of hydrogen-bond acceptors (Lipinski definition) is 3. The predicted octanol–water partition coefficient (Wildman–Crippen LogP) is 2.82. The van der Waals surface area contributed by atoms with Crippen LogP contribution in [0, 0.1) is 10.1 Å². The van der Waals surface area contributed by atoms with E-state index in [4.69, 9.17) is 0 Å². The fraction of sp³-hybridized carbons (Fsp3) is 0.364. The standard InChI is InChI=1S/C11H15N3O2Si/c1-17(2,3)8-13-7-12-10-6-9(14(15)16)4-5-11(10)13/h4-7H,8H2,1-3H3. The third-order valence-electron chi connectivity index (χ3n) is 2.46. The zero-order valence-corrected chi connectivity index (χ0v) is 11.2. The summed E-state index contributed by atoms with van der Waals surface area (Å²) in [5.74, 6) is 0. The summed E-state index contributed by atoms with van der Waals surface area (Å²) >= 11 is 0. The predicted molar refractivity (Wildman–Crippen MR) is 69.7 cm³/mol. The molecule has 1 aromatic heterocycles. The fourth-order valence-corrected chi connectivity index (χ4v) is 3.08. The number of aromatic nitrogens is 2. The molecule has 2 rings (SSSR count). The second-order valence-corrected chi connectivity index (χ2v) is 10.8. The Hall–Kier alpha value is -1.69. The lowest BCUT2D eigenvalue weighted by Crippen LogP contribution is -2.27. The molecule has 2 aromatic rings. The van der Waals surface area contributed by atoms with E-state index >= 15 is 0 Å². The number of non-ortho nitro benzene ring substituents is 1. The highest BCUT2D eigenvalue weighted by molar-refractivity contribution is 6.75. The minimum absolute atomic E-state index is 0.0933. The molecule has 0 aliphatic carbocycles. The lowest BCUT2D eigenvalue weighted by Gasteiger charge is -2.16. The number of benzene rings is 1. The Morgan fingerprint density at radius 3 is 2.71 bits per heavy atom. The van der Waals surface area contributed by atoms with Gasteiger partial charge in [0.15, 0.2) is 0 Å². The lowest BCUT2D eigenvalue weighted by molar-refractivity contribution is -0.384. The first kappa shape index (κ1) is 11.8. The summed E-state index contributed by atoms with van der Waals surface area (Å²) in [6.07, 6.45) is 2.74. The molecule has 0 unspecified atom stereocenters. The van der Waals surface area contributed by atoms with Gasteiger partial charge in [-0.25, -0.2) is 4.98 Å². The van der Waals surface area contributed by atoms with Gasteiger partial charge < -0.3 is 4.57 Å². The number of nitro groups is 1. The Balaban J connectivity index is 2.45. The molecule has 0 saturated carbocycles. The Kier molecular flexibility index (Phi) is 2.74. The van der Waals surface area contributed by atoms with E-state index in [0.717, 1.165) is 11.7 Å². The zero-order valence-electron chi connectivity index (χ0n) is 10.2. The summed E-state index contributed by atoms with van der Waals surface area (Å²) in [4.78, 5) is 14.5. The SMILES string of the molecule is C[Si](C)(C)Cn1cnc2cc([N+](=O)[O-])ccc21. The van der Waals surface area contributed by atoms with Crippen molar-refractivity contribution >= 4 is 24.8 Å². The van der Waals surface area contributed by atoms with Gasteiger partial charge in [-0.3, -0.25) is 10.1 Å². The number of nitro benzene ring substituents is 1. The van der Waals surface area contributed by atoms with E-state index in [0.29, 0.717) is 5.52 Å². The van der Waals surface area contributed by atoms with Gasteiger partial charge in [0.1, 0.15) is 0 Å². The lowest BCUT2D eigenvalue weighted by atomic mass is 10.3. The summed E-state index contributed by atoms with van der Waals surface area (Å²) < 4.78 is 2.09. The van der Waals surface area contributed by atoms with Crippen molar-refractivity contribution in [3.8, 4) is 0 Å². The van der Waals surface area contributed by atoms with Crippen molar-refractivity contribution in [1.82, 2.24) is 9.55 Å². The van der Waals surface area contributed by atoms with Crippen molar-refractivity contribution in [3.63, 3.8) is 0 Å². The Morgan fingerprint density at radius 2 is 2.12 bits per heavy atom. The first-order valence-electron chi connectivity index (χ1n) is 5.46. The molecule has 6 heteroatoms. The van der Waals surface area contributed by atoms with Gasteiger partial charge >= 0.3 is 0 Å². The molecule has 0 fully saturated rings. The van der Waals surface area contributed by atoms with Crippen molar-refractivity contribution < 1.29 is 4.92 Å². The number of imidazole rings is 1. The van der Waals surface area contributed by atoms with Crippen molar-refractivity contribution in [2.24, 2.45) is 0 Å². The molecule has 0 amide bonds. The van der Waals surface area contributed by atoms with Crippen molar-refractivity contribution in [3.05, 3.63) is 34.6 Å². The third-order valence-corrected chi connectivity index (χ3v) is 3.75. The smallest absolute Gasteiger partial charge is 0.271 e. The molecule has 1 aromatic carbocycles. The number of fused-ring (bicyclic) bond motifs is 1. The van der Waals surface area contributed by atoms with Gasteiger partial charge in [-0.05, 0) is 6.07 Å². The van der Waals surface area contributed by atoms with E-state index in [2.05, 4.69) is 29.2 Å². The largest absolute Gasteiger partial charge is 0.334 e. The molecule has 1 heterocycles. The van der Waals surface area contributed by atoms with E-state index < -0.39 is 13.0 Å². The molecular formula is C11H15N3O2Si. The summed E-state index contributed by atoms with van der Waals surface area (Å²) in [7, 11) is -1.23. The molecule has 0 saturated heterocycles. The molecule has 0 aliphatic rings. The first-order valence-corrected chi connectivity index (χ1v) is 9.17. The maximum atomic E-state index is 10.7. The maximum absolute atomic E-state index is 10.7. The van der Waals surface area contributed by atoms with Crippen LogP contribution in [0.5, 0.6) is 0 Å². The number of rotatable bonds is 3. The van der Waals surface area contributed by atoms with Gasteiger partial charge in [0.05, 0.1) is 30.4 Å². The van der Waals surface area contributed by atoms with Crippen LogP contribution in [0.4, 0.5) is 5.69 Å². The summed E-state index contributed by atoms with van der Waals surface area (Å²) in [5, 5.41) is 10.7. The van der Waals surface area contributed by atoms with E-state index in [1.54, 1.807) is 12.4 Å². The molecule has 17 heavy (non-hydrogen) atoms. The first-order chi connectivity index (χ1) is 7.87. The van der Waals surface area contributed by atoms with Crippen LogP contribution in [-0.4, -0.2) is 22.5 Å². The molecule has 0 bridgehead atoms. The van der Waals surface area contributed by atoms with Crippen LogP contribution >= 0.6 is 0 Å². The highest BCUT2D eigenvalue weighted by Gasteiger charge is 2.16. The Morgan fingerprint density at radius 1 is 1.41 bits per heavy atom. The average molecular weight is 249 g/mol. The monoisotopic (exact) mass is 249 g/mol. The number of nitrogens with zero attached hydrogens (tertiary/aromatic N) is 3. The van der Waals surface area contributed by atoms with Crippen LogP contribution in [0.15, 0.2) is 24.5 Å². The maximum Gasteiger partial charge on any atom is 0.271 e. The van der Waals surface area contributed by atoms with Gasteiger partial charge in [-0.15, -0.1) is 0 Å². The van der Waals surface area contributed by atoms with Crippen LogP contribution < -0.4 is 0 Å². The molecule has 0 N–H and O–H groups in total. The normalized spacial score (nSPS) is 11.9. The Bertz CT molecular complexity index is 572. The van der Waals surface area contributed by atoms with E-state index in [9.17, 15) is 10.1 Å². The van der Waals surface area contributed by atoms with Gasteiger partial charge in [-0.2, -0.15) is 0 Å². The van der Waals surface area contributed by atoms with Crippen molar-refractivity contribution in [1.29, 1.82) is 0 Å². The minimum Gasteiger partial charge on any atom is -0.334 e. The molecule has 5 nitrogen and oxygen atoms in total. The highest BCUT2D eigenvalue weighted by Crippen LogP contribution is 2.20. The topological polar surface area (TPSA) is 61.0 Å². The van der Waals surface area contributed by atoms with E-state index in [1.165, 1.54) is 12.1 Å². The minimum atomic E-state index is -1.23. The second-order valence-electron chi connectivity index (χ2n) is 5.36. The van der Waals surface area contributed by atoms with Gasteiger partial charge in [0.2, 0.25) is 0 Å². The van der Waals surface area contributed by atoms with Crippen molar-refractivity contribution in [2.45, 2.75) is 25.8 Å². The van der Waals surface area contributed by atoms with Gasteiger partial charge in [0.25, 0.3) is 5.69 Å². The Labute approximate surface area is 100 Å². The average Bonchev–Trinajstić information content (AvgIpc) is 2.58. The van der Waals surface area contributed by atoms with E-state index in [-0.39, 0.29) is 5.69 Å². The number of hydrogen-bond donors (Lipinski definition) is 0. The summed E-state index contributed by atoms with van der Waals surface area (Å²) in [5.41, 5.74) is 1.76. The molecular weight excluding hydrogens is 234 g/mol. The van der Waals surface area contributed by atoms with Gasteiger partial charge in [-0.1, -0.05) is 19.6 Å². The molecule has 0 radical (unpaired) electrons.